The number of hydrogen-bond acceptors (Lipinski definition) is 8. The van der Waals surface area contributed by atoms with E-state index in [0.717, 1.165) is 23.5 Å². The van der Waals surface area contributed by atoms with Crippen molar-refractivity contribution in [2.24, 2.45) is 0 Å². The monoisotopic (exact) mass is 581 g/mol. The Morgan fingerprint density at radius 3 is 2.45 bits per heavy atom. The number of rotatable bonds is 7. The Bertz CT molecular complexity index is 1490. The molecule has 0 spiro atoms. The Kier molecular flexibility index (Phi) is 8.09. The zero-order valence-corrected chi connectivity index (χ0v) is 21.5. The Morgan fingerprint density at radius 1 is 1.00 bits per heavy atom. The number of alkyl halides is 3. The van der Waals surface area contributed by atoms with Crippen molar-refractivity contribution in [1.82, 2.24) is 25.3 Å². The predicted octanol–water partition coefficient (Wildman–Crippen LogP) is 6.14. The average molecular weight is 582 g/mol. The molecule has 15 heteroatoms. The lowest BCUT2D eigenvalue weighted by atomic mass is 10.2. The summed E-state index contributed by atoms with van der Waals surface area (Å²) in [6, 6.07) is 5.78. The maximum atomic E-state index is 13.1. The third-order valence-corrected chi connectivity index (χ3v) is 6.81. The minimum atomic E-state index is -4.68. The van der Waals surface area contributed by atoms with Crippen molar-refractivity contribution in [1.29, 1.82) is 0 Å². The first-order valence-corrected chi connectivity index (χ1v) is 12.2. The van der Waals surface area contributed by atoms with Crippen molar-refractivity contribution in [3.05, 3.63) is 86.4 Å². The number of amides is 2. The number of halogens is 5. The van der Waals surface area contributed by atoms with Crippen LogP contribution in [0, 0.1) is 0 Å². The third-order valence-electron chi connectivity index (χ3n) is 4.94. The van der Waals surface area contributed by atoms with E-state index < -0.39 is 34.6 Å². The minimum absolute atomic E-state index is 0.00518. The molecule has 0 aliphatic carbocycles. The van der Waals surface area contributed by atoms with Gasteiger partial charge in [0.15, 0.2) is 11.5 Å². The van der Waals surface area contributed by atoms with Crippen LogP contribution in [0.4, 0.5) is 30.4 Å². The third kappa shape index (κ3) is 6.36. The fourth-order valence-electron chi connectivity index (χ4n) is 3.12. The molecule has 0 radical (unpaired) electrons. The van der Waals surface area contributed by atoms with Gasteiger partial charge >= 0.3 is 6.18 Å². The summed E-state index contributed by atoms with van der Waals surface area (Å²) < 4.78 is 39.3. The van der Waals surface area contributed by atoms with Gasteiger partial charge in [-0.15, -0.1) is 11.3 Å². The van der Waals surface area contributed by atoms with Crippen LogP contribution in [0.1, 0.15) is 43.7 Å². The molecule has 1 atom stereocenters. The highest BCUT2D eigenvalue weighted by molar-refractivity contribution is 7.13. The maximum absolute atomic E-state index is 13.1. The molecule has 1 aromatic carbocycles. The number of benzene rings is 1. The Balaban J connectivity index is 1.43. The van der Waals surface area contributed by atoms with Crippen LogP contribution >= 0.6 is 34.5 Å². The minimum Gasteiger partial charge on any atom is -0.342 e. The van der Waals surface area contributed by atoms with Gasteiger partial charge in [0, 0.05) is 23.8 Å². The number of carbonyl (C=O) groups is 2. The Morgan fingerprint density at radius 2 is 1.74 bits per heavy atom. The van der Waals surface area contributed by atoms with Gasteiger partial charge in [-0.3, -0.25) is 14.6 Å². The molecule has 0 aliphatic rings. The average Bonchev–Trinajstić information content (AvgIpc) is 3.37. The van der Waals surface area contributed by atoms with E-state index in [1.165, 1.54) is 18.6 Å². The van der Waals surface area contributed by atoms with Crippen molar-refractivity contribution in [3.63, 3.8) is 0 Å². The van der Waals surface area contributed by atoms with Gasteiger partial charge in [-0.05, 0) is 37.3 Å². The number of anilines is 3. The number of pyridine rings is 1. The summed E-state index contributed by atoms with van der Waals surface area (Å²) in [7, 11) is 0. The van der Waals surface area contributed by atoms with E-state index in [1.54, 1.807) is 31.5 Å². The van der Waals surface area contributed by atoms with Gasteiger partial charge in [-0.2, -0.15) is 13.2 Å². The molecule has 0 fully saturated rings. The predicted molar refractivity (Wildman–Crippen MR) is 137 cm³/mol. The first kappa shape index (κ1) is 27.2. The molecule has 4 aromatic rings. The van der Waals surface area contributed by atoms with Crippen molar-refractivity contribution < 1.29 is 22.8 Å². The molecule has 196 valence electrons. The number of nitrogens with zero attached hydrogens (tertiary/aromatic N) is 4. The Labute approximate surface area is 227 Å². The molecule has 3 heterocycles. The van der Waals surface area contributed by atoms with E-state index in [0.29, 0.717) is 10.7 Å². The highest BCUT2D eigenvalue weighted by Gasteiger charge is 2.33. The number of carbonyl (C=O) groups excluding carboxylic acids is 2. The highest BCUT2D eigenvalue weighted by Crippen LogP contribution is 2.36. The number of thiazole rings is 1. The lowest BCUT2D eigenvalue weighted by Crippen LogP contribution is -2.28. The number of nitrogens with one attached hydrogen (secondary N) is 3. The van der Waals surface area contributed by atoms with Crippen molar-refractivity contribution in [3.8, 4) is 0 Å². The van der Waals surface area contributed by atoms with Gasteiger partial charge in [0.05, 0.1) is 22.8 Å². The van der Waals surface area contributed by atoms with Crippen LogP contribution in [0.2, 0.25) is 10.0 Å². The van der Waals surface area contributed by atoms with Gasteiger partial charge in [-0.25, -0.2) is 15.0 Å². The molecule has 0 saturated carbocycles. The SMILES string of the molecule is CC(NC(=O)c1ncnc(Nc2ccncc2)c1Cl)c1ncc(C(=O)Nc2ccc(Cl)c(C(F)(F)F)c2)s1. The summed E-state index contributed by atoms with van der Waals surface area (Å²) in [5.41, 5.74) is -0.580. The Hall–Kier alpha value is -3.81. The van der Waals surface area contributed by atoms with Gasteiger partial charge in [0.2, 0.25) is 0 Å². The van der Waals surface area contributed by atoms with E-state index in [9.17, 15) is 22.8 Å². The molecule has 1 unspecified atom stereocenters. The number of aromatic nitrogens is 4. The standard InChI is InChI=1S/C23H16Cl2F3N7O2S/c1-11(33-21(37)18-17(25)19(32-10-31-18)34-12-4-6-29-7-5-12)22-30-9-16(38-22)20(36)35-13-2-3-15(24)14(8-13)23(26,27)28/h2-11H,1H3,(H,33,37)(H,35,36)(H,29,31,32,34). The molecule has 38 heavy (non-hydrogen) atoms. The lowest BCUT2D eigenvalue weighted by molar-refractivity contribution is -0.137. The summed E-state index contributed by atoms with van der Waals surface area (Å²) in [4.78, 5) is 41.6. The lowest BCUT2D eigenvalue weighted by Gasteiger charge is -2.13. The van der Waals surface area contributed by atoms with Crippen LogP contribution in [-0.4, -0.2) is 31.8 Å². The largest absolute Gasteiger partial charge is 0.417 e. The van der Waals surface area contributed by atoms with E-state index >= 15 is 0 Å². The second-order valence-corrected chi connectivity index (χ2v) is 9.50. The van der Waals surface area contributed by atoms with Crippen LogP contribution in [0.25, 0.3) is 0 Å². The zero-order chi connectivity index (χ0) is 27.4. The normalized spacial score (nSPS) is 12.1. The molecule has 4 rings (SSSR count). The molecular weight excluding hydrogens is 566 g/mol. The maximum Gasteiger partial charge on any atom is 0.417 e. The summed E-state index contributed by atoms with van der Waals surface area (Å²) in [6.07, 6.45) is 0.912. The summed E-state index contributed by atoms with van der Waals surface area (Å²) in [5, 5.41) is 7.95. The topological polar surface area (TPSA) is 122 Å². The van der Waals surface area contributed by atoms with Crippen LogP contribution in [0.3, 0.4) is 0 Å². The quantitative estimate of drug-likeness (QED) is 0.239. The van der Waals surface area contributed by atoms with Crippen molar-refractivity contribution in [2.75, 3.05) is 10.6 Å². The molecule has 9 nitrogen and oxygen atoms in total. The molecule has 0 aliphatic heterocycles. The van der Waals surface area contributed by atoms with Crippen LogP contribution in [0.5, 0.6) is 0 Å². The van der Waals surface area contributed by atoms with Crippen molar-refractivity contribution >= 4 is 63.5 Å². The second kappa shape index (κ2) is 11.3. The fraction of sp³-hybridized carbons (Fsp3) is 0.130. The van der Waals surface area contributed by atoms with E-state index in [4.69, 9.17) is 23.2 Å². The number of hydrogen-bond donors (Lipinski definition) is 3. The molecule has 3 aromatic heterocycles. The van der Waals surface area contributed by atoms with E-state index in [-0.39, 0.29) is 27.1 Å². The first-order valence-electron chi connectivity index (χ1n) is 10.6. The van der Waals surface area contributed by atoms with Crippen LogP contribution < -0.4 is 16.0 Å². The smallest absolute Gasteiger partial charge is 0.342 e. The molecule has 2 amide bonds. The van der Waals surface area contributed by atoms with Gasteiger partial charge in [0.25, 0.3) is 11.8 Å². The molecular formula is C23H16Cl2F3N7O2S. The van der Waals surface area contributed by atoms with Gasteiger partial charge in [-0.1, -0.05) is 23.2 Å². The summed E-state index contributed by atoms with van der Waals surface area (Å²) in [5.74, 6) is -1.06. The van der Waals surface area contributed by atoms with Crippen LogP contribution in [0.15, 0.2) is 55.2 Å². The van der Waals surface area contributed by atoms with E-state index in [2.05, 4.69) is 35.9 Å². The molecule has 0 saturated heterocycles. The fourth-order valence-corrected chi connectivity index (χ4v) is 4.39. The van der Waals surface area contributed by atoms with E-state index in [1.807, 2.05) is 0 Å². The van der Waals surface area contributed by atoms with Gasteiger partial charge < -0.3 is 16.0 Å². The first-order chi connectivity index (χ1) is 18.0. The summed E-state index contributed by atoms with van der Waals surface area (Å²) in [6.45, 7) is 1.64. The summed E-state index contributed by atoms with van der Waals surface area (Å²) >= 11 is 12.9. The van der Waals surface area contributed by atoms with Crippen molar-refractivity contribution in [2.45, 2.75) is 19.1 Å². The second-order valence-electron chi connectivity index (χ2n) is 7.65. The molecule has 3 N–H and O–H groups in total. The molecule has 0 bridgehead atoms. The van der Waals surface area contributed by atoms with Crippen LogP contribution in [-0.2, 0) is 6.18 Å². The highest BCUT2D eigenvalue weighted by atomic mass is 35.5. The van der Waals surface area contributed by atoms with Gasteiger partial charge in [0.1, 0.15) is 21.2 Å². The zero-order valence-electron chi connectivity index (χ0n) is 19.2.